The topological polar surface area (TPSA) is 95.9 Å². The first-order valence-electron chi connectivity index (χ1n) is 26.2. The number of carbonyl (C=O) groups is 2. The van der Waals surface area contributed by atoms with E-state index in [1.165, 1.54) is 148 Å². The number of nitrogens with one attached hydrogen (secondary N) is 1. The van der Waals surface area contributed by atoms with E-state index in [2.05, 4.69) is 62.5 Å². The smallest absolute Gasteiger partial charge is 0.306 e. The largest absolute Gasteiger partial charge is 0.462 e. The molecule has 0 aliphatic carbocycles. The maximum absolute atomic E-state index is 13.2. The average Bonchev–Trinajstić information content (AvgIpc) is 3.24. The van der Waals surface area contributed by atoms with Crippen molar-refractivity contribution in [2.45, 2.75) is 289 Å². The summed E-state index contributed by atoms with van der Waals surface area (Å²) in [6, 6.07) is -0.705. The summed E-state index contributed by atoms with van der Waals surface area (Å²) < 4.78 is 5.91. The summed E-state index contributed by atoms with van der Waals surface area (Å²) in [5.41, 5.74) is 0. The van der Waals surface area contributed by atoms with Gasteiger partial charge in [0.1, 0.15) is 6.10 Å². The van der Waals surface area contributed by atoms with Gasteiger partial charge in [0.15, 0.2) is 0 Å². The Labute approximate surface area is 373 Å². The van der Waals surface area contributed by atoms with Gasteiger partial charge in [0, 0.05) is 6.42 Å². The fourth-order valence-electron chi connectivity index (χ4n) is 7.91. The Balaban J connectivity index is 4.44. The molecule has 0 fully saturated rings. The Hall–Kier alpha value is -1.92. The highest BCUT2D eigenvalue weighted by molar-refractivity contribution is 5.77. The summed E-state index contributed by atoms with van der Waals surface area (Å²) >= 11 is 0. The Morgan fingerprint density at radius 1 is 0.483 bits per heavy atom. The first-order valence-corrected chi connectivity index (χ1v) is 26.2. The summed E-state index contributed by atoms with van der Waals surface area (Å²) in [5.74, 6) is -0.493. The van der Waals surface area contributed by atoms with Crippen molar-refractivity contribution >= 4 is 11.9 Å². The van der Waals surface area contributed by atoms with Crippen LogP contribution in [0.3, 0.4) is 0 Å². The number of hydrogen-bond acceptors (Lipinski definition) is 5. The summed E-state index contributed by atoms with van der Waals surface area (Å²) in [4.78, 5) is 26.1. The van der Waals surface area contributed by atoms with Gasteiger partial charge >= 0.3 is 5.97 Å². The monoisotopic (exact) mass is 844 g/mol. The van der Waals surface area contributed by atoms with E-state index in [0.717, 1.165) is 77.0 Å². The predicted molar refractivity (Wildman–Crippen MR) is 259 cm³/mol. The van der Waals surface area contributed by atoms with Crippen LogP contribution in [0.15, 0.2) is 36.5 Å². The molecule has 3 N–H and O–H groups in total. The van der Waals surface area contributed by atoms with Crippen molar-refractivity contribution in [3.8, 4) is 0 Å². The lowest BCUT2D eigenvalue weighted by Crippen LogP contribution is -2.46. The number of amides is 1. The van der Waals surface area contributed by atoms with Crippen LogP contribution in [0.2, 0.25) is 0 Å². The molecule has 0 aromatic heterocycles. The van der Waals surface area contributed by atoms with Crippen LogP contribution in [-0.2, 0) is 14.3 Å². The zero-order valence-electron chi connectivity index (χ0n) is 40.1. The third kappa shape index (κ3) is 42.8. The van der Waals surface area contributed by atoms with Crippen molar-refractivity contribution in [3.63, 3.8) is 0 Å². The van der Waals surface area contributed by atoms with Crippen molar-refractivity contribution in [2.75, 3.05) is 6.61 Å². The zero-order chi connectivity index (χ0) is 43.8. The van der Waals surface area contributed by atoms with Crippen molar-refractivity contribution in [2.24, 2.45) is 0 Å². The number of allylic oxidation sites excluding steroid dienone is 6. The second-order valence-electron chi connectivity index (χ2n) is 17.9. The molecule has 0 heterocycles. The van der Waals surface area contributed by atoms with E-state index >= 15 is 0 Å². The maximum atomic E-state index is 13.2. The molecule has 60 heavy (non-hydrogen) atoms. The molecule has 0 spiro atoms. The number of ether oxygens (including phenoxy) is 1. The third-order valence-corrected chi connectivity index (χ3v) is 11.9. The number of unbranched alkanes of at least 4 members (excludes halogenated alkanes) is 29. The van der Waals surface area contributed by atoms with Crippen LogP contribution in [0, 0.1) is 0 Å². The van der Waals surface area contributed by atoms with Gasteiger partial charge < -0.3 is 20.3 Å². The van der Waals surface area contributed by atoms with E-state index in [4.69, 9.17) is 4.74 Å². The molecule has 6 heteroatoms. The summed E-state index contributed by atoms with van der Waals surface area (Å²) in [6.07, 6.45) is 56.4. The van der Waals surface area contributed by atoms with Gasteiger partial charge in [-0.05, 0) is 77.0 Å². The number of aliphatic hydroxyl groups is 2. The van der Waals surface area contributed by atoms with Crippen molar-refractivity contribution in [3.05, 3.63) is 36.5 Å². The Morgan fingerprint density at radius 2 is 0.867 bits per heavy atom. The van der Waals surface area contributed by atoms with Crippen LogP contribution in [0.5, 0.6) is 0 Å². The van der Waals surface area contributed by atoms with Crippen LogP contribution in [0.1, 0.15) is 271 Å². The van der Waals surface area contributed by atoms with Crippen LogP contribution >= 0.6 is 0 Å². The Morgan fingerprint density at radius 3 is 1.38 bits per heavy atom. The quantitative estimate of drug-likeness (QED) is 0.0322. The first kappa shape index (κ1) is 58.1. The lowest BCUT2D eigenvalue weighted by Gasteiger charge is -2.24. The third-order valence-electron chi connectivity index (χ3n) is 11.9. The minimum absolute atomic E-state index is 0.0653. The van der Waals surface area contributed by atoms with E-state index in [0.29, 0.717) is 19.3 Å². The first-order chi connectivity index (χ1) is 29.5. The molecule has 0 saturated heterocycles. The molecule has 6 nitrogen and oxygen atoms in total. The minimum atomic E-state index is -0.790. The number of carbonyl (C=O) groups excluding carboxylic acids is 2. The van der Waals surface area contributed by atoms with Gasteiger partial charge in [-0.2, -0.15) is 0 Å². The Kier molecular flexibility index (Phi) is 46.6. The molecule has 0 aromatic rings. The molecular weight excluding hydrogens is 743 g/mol. The number of esters is 1. The van der Waals surface area contributed by atoms with Gasteiger partial charge in [0.2, 0.25) is 5.91 Å². The lowest BCUT2D eigenvalue weighted by atomic mass is 10.0. The molecule has 0 aliphatic heterocycles. The van der Waals surface area contributed by atoms with Crippen LogP contribution in [-0.4, -0.2) is 46.9 Å². The van der Waals surface area contributed by atoms with Crippen molar-refractivity contribution < 1.29 is 24.5 Å². The molecule has 3 atom stereocenters. The SMILES string of the molecule is CCCC/C=C\CCCCCC(CC(=O)NC(CO)C(O)CCCCCCCCCCCCCCCCC)OC(=O)CCCCCCCCC/C=C\C/C=C\CCCCC. The van der Waals surface area contributed by atoms with Gasteiger partial charge in [0.05, 0.1) is 25.2 Å². The standard InChI is InChI=1S/C54H101NO5/c1-4-7-10-13-16-19-21-23-25-26-28-30-32-35-38-41-44-47-54(59)60-50(45-42-39-36-33-18-15-12-9-6-3)48-53(58)55-51(49-56)52(57)46-43-40-37-34-31-29-27-24-22-20-17-14-11-8-5-2/h15-16,18-19,23,25,50-52,56-57H,4-14,17,20-22,24,26-49H2,1-3H3,(H,55,58)/b18-15-,19-16-,25-23-. The highest BCUT2D eigenvalue weighted by Crippen LogP contribution is 2.18. The highest BCUT2D eigenvalue weighted by atomic mass is 16.5. The number of hydrogen-bond donors (Lipinski definition) is 3. The fourth-order valence-corrected chi connectivity index (χ4v) is 7.91. The highest BCUT2D eigenvalue weighted by Gasteiger charge is 2.24. The molecule has 0 saturated carbocycles. The van der Waals surface area contributed by atoms with Gasteiger partial charge in [0.25, 0.3) is 0 Å². The van der Waals surface area contributed by atoms with Crippen LogP contribution in [0.4, 0.5) is 0 Å². The normalized spacial score (nSPS) is 13.5. The summed E-state index contributed by atoms with van der Waals surface area (Å²) in [7, 11) is 0. The number of rotatable bonds is 47. The molecule has 0 aliphatic rings. The number of aliphatic hydroxyl groups excluding tert-OH is 2. The van der Waals surface area contributed by atoms with Crippen LogP contribution in [0.25, 0.3) is 0 Å². The van der Waals surface area contributed by atoms with Crippen molar-refractivity contribution in [1.82, 2.24) is 5.32 Å². The predicted octanol–water partition coefficient (Wildman–Crippen LogP) is 15.7. The van der Waals surface area contributed by atoms with E-state index in [1.807, 2.05) is 0 Å². The van der Waals surface area contributed by atoms with E-state index in [-0.39, 0.29) is 24.9 Å². The summed E-state index contributed by atoms with van der Waals surface area (Å²) in [6.45, 7) is 6.42. The molecule has 3 unspecified atom stereocenters. The minimum Gasteiger partial charge on any atom is -0.462 e. The van der Waals surface area contributed by atoms with Crippen LogP contribution < -0.4 is 5.32 Å². The van der Waals surface area contributed by atoms with E-state index in [1.54, 1.807) is 0 Å². The molecule has 0 radical (unpaired) electrons. The Bertz CT molecular complexity index is 993. The second-order valence-corrected chi connectivity index (χ2v) is 17.9. The van der Waals surface area contributed by atoms with E-state index in [9.17, 15) is 19.8 Å². The fraction of sp³-hybridized carbons (Fsp3) is 0.852. The molecule has 0 bridgehead atoms. The molecular formula is C54H101NO5. The molecule has 1 amide bonds. The van der Waals surface area contributed by atoms with Gasteiger partial charge in [-0.1, -0.05) is 218 Å². The zero-order valence-corrected chi connectivity index (χ0v) is 40.1. The lowest BCUT2D eigenvalue weighted by molar-refractivity contribution is -0.151. The summed E-state index contributed by atoms with van der Waals surface area (Å²) in [5, 5.41) is 23.7. The van der Waals surface area contributed by atoms with Gasteiger partial charge in [-0.15, -0.1) is 0 Å². The maximum Gasteiger partial charge on any atom is 0.306 e. The van der Waals surface area contributed by atoms with E-state index < -0.39 is 18.2 Å². The second kappa shape index (κ2) is 48.1. The van der Waals surface area contributed by atoms with Gasteiger partial charge in [-0.3, -0.25) is 9.59 Å². The molecule has 352 valence electrons. The van der Waals surface area contributed by atoms with Gasteiger partial charge in [-0.25, -0.2) is 0 Å². The molecule has 0 rings (SSSR count). The van der Waals surface area contributed by atoms with Crippen molar-refractivity contribution in [1.29, 1.82) is 0 Å². The average molecular weight is 844 g/mol. The molecule has 0 aromatic carbocycles.